The van der Waals surface area contributed by atoms with Gasteiger partial charge in [0.2, 0.25) is 5.28 Å². The molecule has 0 saturated heterocycles. The molecule has 0 radical (unpaired) electrons. The number of thioether (sulfide) groups is 1. The second-order valence-corrected chi connectivity index (χ2v) is 5.31. The third-order valence-corrected chi connectivity index (χ3v) is 3.68. The second kappa shape index (κ2) is 6.25. The summed E-state index contributed by atoms with van der Waals surface area (Å²) >= 11 is 7.78. The van der Waals surface area contributed by atoms with Gasteiger partial charge in [-0.25, -0.2) is 9.97 Å². The normalized spacial score (nSPS) is 12.6. The topological polar surface area (TPSA) is 37.8 Å². The number of para-hydroxylation sites is 1. The van der Waals surface area contributed by atoms with Gasteiger partial charge in [-0.15, -0.1) is 0 Å². The third kappa shape index (κ3) is 3.06. The number of rotatable bonds is 5. The molecule has 0 aliphatic carbocycles. The highest BCUT2D eigenvalue weighted by molar-refractivity contribution is 7.98. The minimum absolute atomic E-state index is 0.287. The lowest BCUT2D eigenvalue weighted by Crippen LogP contribution is -2.22. The summed E-state index contributed by atoms with van der Waals surface area (Å²) in [5, 5.41) is 4.76. The molecule has 1 aromatic heterocycles. The summed E-state index contributed by atoms with van der Waals surface area (Å²) in [6.07, 6.45) is 3.16. The van der Waals surface area contributed by atoms with Crippen LogP contribution in [0, 0.1) is 0 Å². The number of benzene rings is 1. The average Bonchev–Trinajstić information content (AvgIpc) is 2.38. The number of hydrogen-bond acceptors (Lipinski definition) is 4. The van der Waals surface area contributed by atoms with Crippen LogP contribution in [-0.4, -0.2) is 28.0 Å². The van der Waals surface area contributed by atoms with Gasteiger partial charge in [0.05, 0.1) is 5.52 Å². The number of aromatic nitrogens is 2. The molecule has 1 atom stereocenters. The predicted molar refractivity (Wildman–Crippen MR) is 80.6 cm³/mol. The molecule has 0 amide bonds. The lowest BCUT2D eigenvalue weighted by Gasteiger charge is -2.17. The van der Waals surface area contributed by atoms with Gasteiger partial charge >= 0.3 is 0 Å². The van der Waals surface area contributed by atoms with Gasteiger partial charge in [-0.2, -0.15) is 11.8 Å². The van der Waals surface area contributed by atoms with Crippen LogP contribution in [0.2, 0.25) is 5.28 Å². The first-order valence-corrected chi connectivity index (χ1v) is 7.69. The van der Waals surface area contributed by atoms with E-state index < -0.39 is 0 Å². The monoisotopic (exact) mass is 281 g/mol. The molecular weight excluding hydrogens is 266 g/mol. The fraction of sp³-hybridized carbons (Fsp3) is 0.385. The highest BCUT2D eigenvalue weighted by Gasteiger charge is 2.10. The molecule has 0 saturated carbocycles. The first-order valence-electron chi connectivity index (χ1n) is 5.92. The minimum Gasteiger partial charge on any atom is -0.366 e. The molecule has 1 N–H and O–H groups in total. The van der Waals surface area contributed by atoms with Crippen molar-refractivity contribution in [2.45, 2.75) is 19.4 Å². The van der Waals surface area contributed by atoms with Crippen LogP contribution in [0.3, 0.4) is 0 Å². The van der Waals surface area contributed by atoms with Crippen molar-refractivity contribution in [3.05, 3.63) is 29.5 Å². The summed E-state index contributed by atoms with van der Waals surface area (Å²) in [4.78, 5) is 8.53. The molecule has 1 unspecified atom stereocenters. The van der Waals surface area contributed by atoms with Crippen molar-refractivity contribution < 1.29 is 0 Å². The van der Waals surface area contributed by atoms with Crippen LogP contribution < -0.4 is 5.32 Å². The maximum absolute atomic E-state index is 5.96. The van der Waals surface area contributed by atoms with Crippen molar-refractivity contribution in [1.29, 1.82) is 0 Å². The molecule has 18 heavy (non-hydrogen) atoms. The lowest BCUT2D eigenvalue weighted by molar-refractivity contribution is 0.771. The summed E-state index contributed by atoms with van der Waals surface area (Å²) in [5.74, 6) is 1.87. The summed E-state index contributed by atoms with van der Waals surface area (Å²) in [6.45, 7) is 2.17. The SMILES string of the molecule is CCC(CSC)Nc1nc(Cl)nc2ccccc12. The maximum atomic E-state index is 5.96. The van der Waals surface area contributed by atoms with Gasteiger partial charge in [0.25, 0.3) is 0 Å². The molecule has 0 bridgehead atoms. The van der Waals surface area contributed by atoms with Crippen LogP contribution in [-0.2, 0) is 0 Å². The van der Waals surface area contributed by atoms with Gasteiger partial charge in [-0.05, 0) is 36.4 Å². The van der Waals surface area contributed by atoms with E-state index >= 15 is 0 Å². The van der Waals surface area contributed by atoms with Crippen LogP contribution in [0.1, 0.15) is 13.3 Å². The van der Waals surface area contributed by atoms with E-state index in [1.165, 1.54) is 0 Å². The van der Waals surface area contributed by atoms with E-state index in [2.05, 4.69) is 28.5 Å². The van der Waals surface area contributed by atoms with Crippen LogP contribution in [0.15, 0.2) is 24.3 Å². The molecule has 0 aliphatic rings. The van der Waals surface area contributed by atoms with Crippen molar-refractivity contribution in [3.8, 4) is 0 Å². The number of anilines is 1. The zero-order chi connectivity index (χ0) is 13.0. The number of fused-ring (bicyclic) bond motifs is 1. The van der Waals surface area contributed by atoms with Gasteiger partial charge in [-0.3, -0.25) is 0 Å². The molecule has 0 spiro atoms. The Balaban J connectivity index is 2.37. The molecule has 0 aliphatic heterocycles. The Morgan fingerprint density at radius 3 is 2.83 bits per heavy atom. The Hall–Kier alpha value is -1.00. The molecular formula is C13H16ClN3S. The maximum Gasteiger partial charge on any atom is 0.224 e. The minimum atomic E-state index is 0.287. The van der Waals surface area contributed by atoms with Crippen molar-refractivity contribution >= 4 is 40.1 Å². The summed E-state index contributed by atoms with van der Waals surface area (Å²) in [7, 11) is 0. The Bertz CT molecular complexity index is 533. The van der Waals surface area contributed by atoms with Gasteiger partial charge in [0, 0.05) is 17.2 Å². The third-order valence-electron chi connectivity index (χ3n) is 2.78. The zero-order valence-corrected chi connectivity index (χ0v) is 12.1. The standard InChI is InChI=1S/C13H16ClN3S/c1-3-9(8-18-2)15-12-10-6-4-5-7-11(10)16-13(14)17-12/h4-7,9H,3,8H2,1-2H3,(H,15,16,17). The smallest absolute Gasteiger partial charge is 0.224 e. The Morgan fingerprint density at radius 2 is 2.11 bits per heavy atom. The zero-order valence-electron chi connectivity index (χ0n) is 10.5. The van der Waals surface area contributed by atoms with Gasteiger partial charge < -0.3 is 5.32 Å². The molecule has 1 heterocycles. The van der Waals surface area contributed by atoms with E-state index in [9.17, 15) is 0 Å². The van der Waals surface area contributed by atoms with Crippen molar-refractivity contribution in [2.75, 3.05) is 17.3 Å². The molecule has 2 aromatic rings. The summed E-state index contributed by atoms with van der Waals surface area (Å²) in [5.41, 5.74) is 0.874. The molecule has 2 rings (SSSR count). The molecule has 1 aromatic carbocycles. The molecule has 3 nitrogen and oxygen atoms in total. The van der Waals surface area contributed by atoms with Crippen LogP contribution >= 0.6 is 23.4 Å². The number of hydrogen-bond donors (Lipinski definition) is 1. The quantitative estimate of drug-likeness (QED) is 0.845. The van der Waals surface area contributed by atoms with E-state index in [1.807, 2.05) is 36.0 Å². The fourth-order valence-electron chi connectivity index (χ4n) is 1.81. The Kier molecular flexibility index (Phi) is 4.66. The van der Waals surface area contributed by atoms with Crippen LogP contribution in [0.25, 0.3) is 10.9 Å². The number of nitrogens with one attached hydrogen (secondary N) is 1. The van der Waals surface area contributed by atoms with Gasteiger partial charge in [-0.1, -0.05) is 19.1 Å². The fourth-order valence-corrected chi connectivity index (χ4v) is 2.71. The molecule has 0 fully saturated rings. The Morgan fingerprint density at radius 1 is 1.33 bits per heavy atom. The van der Waals surface area contributed by atoms with Crippen LogP contribution in [0.5, 0.6) is 0 Å². The molecule has 96 valence electrons. The average molecular weight is 282 g/mol. The largest absolute Gasteiger partial charge is 0.366 e. The van der Waals surface area contributed by atoms with E-state index in [-0.39, 0.29) is 5.28 Å². The van der Waals surface area contributed by atoms with Gasteiger partial charge in [0.1, 0.15) is 5.82 Å². The highest BCUT2D eigenvalue weighted by Crippen LogP contribution is 2.23. The number of halogens is 1. The summed E-state index contributed by atoms with van der Waals surface area (Å²) in [6, 6.07) is 8.30. The lowest BCUT2D eigenvalue weighted by atomic mass is 10.2. The van der Waals surface area contributed by atoms with E-state index in [0.717, 1.165) is 28.9 Å². The van der Waals surface area contributed by atoms with E-state index in [0.29, 0.717) is 6.04 Å². The first-order chi connectivity index (χ1) is 8.74. The van der Waals surface area contributed by atoms with Crippen molar-refractivity contribution in [2.24, 2.45) is 0 Å². The highest BCUT2D eigenvalue weighted by atomic mass is 35.5. The van der Waals surface area contributed by atoms with Gasteiger partial charge in [0.15, 0.2) is 0 Å². The number of nitrogens with zero attached hydrogens (tertiary/aromatic N) is 2. The first kappa shape index (κ1) is 13.4. The molecule has 5 heteroatoms. The van der Waals surface area contributed by atoms with E-state index in [4.69, 9.17) is 11.6 Å². The van der Waals surface area contributed by atoms with E-state index in [1.54, 1.807) is 0 Å². The van der Waals surface area contributed by atoms with Crippen molar-refractivity contribution in [3.63, 3.8) is 0 Å². The van der Waals surface area contributed by atoms with Crippen LogP contribution in [0.4, 0.5) is 5.82 Å². The Labute approximate surface area is 116 Å². The predicted octanol–water partition coefficient (Wildman–Crippen LogP) is 3.84. The summed E-state index contributed by atoms with van der Waals surface area (Å²) < 4.78 is 0. The van der Waals surface area contributed by atoms with Crippen molar-refractivity contribution in [1.82, 2.24) is 9.97 Å². The second-order valence-electron chi connectivity index (χ2n) is 4.06.